The maximum Gasteiger partial charge on any atom is 0.164 e. The Kier molecular flexibility index (Phi) is 6.43. The molecule has 47 heavy (non-hydrogen) atoms. The van der Waals surface area contributed by atoms with Crippen LogP contribution in [0.25, 0.3) is 89.1 Å². The Balaban J connectivity index is 1.27. The number of benzene rings is 7. The lowest BCUT2D eigenvalue weighted by molar-refractivity contribution is 0.669. The van der Waals surface area contributed by atoms with Crippen LogP contribution in [0.4, 0.5) is 0 Å². The molecule has 0 amide bonds. The summed E-state index contributed by atoms with van der Waals surface area (Å²) in [5, 5.41) is 4.46. The lowest BCUT2D eigenvalue weighted by Gasteiger charge is -2.12. The number of hydrogen-bond donors (Lipinski definition) is 0. The predicted octanol–water partition coefficient (Wildman–Crippen LogP) is 11.3. The summed E-state index contributed by atoms with van der Waals surface area (Å²) in [6, 6.07) is 56.4. The monoisotopic (exact) mass is 601 g/mol. The zero-order chi connectivity index (χ0) is 31.2. The van der Waals surface area contributed by atoms with Crippen molar-refractivity contribution in [3.63, 3.8) is 0 Å². The molecule has 0 aliphatic carbocycles. The normalized spacial score (nSPS) is 11.4. The molecule has 9 aromatic rings. The van der Waals surface area contributed by atoms with Crippen LogP contribution in [0.5, 0.6) is 0 Å². The summed E-state index contributed by atoms with van der Waals surface area (Å²) < 4.78 is 6.50. The smallest absolute Gasteiger partial charge is 0.164 e. The quantitative estimate of drug-likeness (QED) is 0.197. The fraction of sp³-hybridized carbons (Fsp3) is 0. The maximum absolute atomic E-state index is 6.50. The van der Waals surface area contributed by atoms with Crippen LogP contribution in [0.2, 0.25) is 0 Å². The van der Waals surface area contributed by atoms with Crippen molar-refractivity contribution >= 4 is 32.7 Å². The van der Waals surface area contributed by atoms with Gasteiger partial charge in [-0.15, -0.1) is 0 Å². The van der Waals surface area contributed by atoms with Gasteiger partial charge in [0, 0.05) is 27.5 Å². The second-order valence-corrected chi connectivity index (χ2v) is 11.7. The van der Waals surface area contributed by atoms with Gasteiger partial charge in [0.1, 0.15) is 11.2 Å². The van der Waals surface area contributed by atoms with Gasteiger partial charge < -0.3 is 4.42 Å². The van der Waals surface area contributed by atoms with E-state index in [2.05, 4.69) is 84.9 Å². The highest BCUT2D eigenvalue weighted by molar-refractivity contribution is 6.13. The fourth-order valence-electron chi connectivity index (χ4n) is 6.37. The molecule has 4 heteroatoms. The van der Waals surface area contributed by atoms with E-state index in [4.69, 9.17) is 19.4 Å². The van der Waals surface area contributed by atoms with E-state index in [9.17, 15) is 0 Å². The van der Waals surface area contributed by atoms with Crippen LogP contribution in [0.3, 0.4) is 0 Å². The zero-order valence-corrected chi connectivity index (χ0v) is 25.3. The molecule has 220 valence electrons. The lowest BCUT2D eigenvalue weighted by atomic mass is 9.95. The Morgan fingerprint density at radius 2 is 0.915 bits per heavy atom. The summed E-state index contributed by atoms with van der Waals surface area (Å²) in [6.07, 6.45) is 0. The van der Waals surface area contributed by atoms with Crippen molar-refractivity contribution in [2.75, 3.05) is 0 Å². The van der Waals surface area contributed by atoms with Crippen molar-refractivity contribution in [2.24, 2.45) is 0 Å². The summed E-state index contributed by atoms with van der Waals surface area (Å²) in [5.41, 5.74) is 8.81. The Labute approximate surface area is 271 Å². The van der Waals surface area contributed by atoms with Crippen molar-refractivity contribution in [1.82, 2.24) is 15.0 Å². The highest BCUT2D eigenvalue weighted by atomic mass is 16.3. The van der Waals surface area contributed by atoms with Crippen LogP contribution < -0.4 is 0 Å². The number of hydrogen-bond acceptors (Lipinski definition) is 4. The van der Waals surface area contributed by atoms with Gasteiger partial charge in [0.15, 0.2) is 17.5 Å². The van der Waals surface area contributed by atoms with Gasteiger partial charge >= 0.3 is 0 Å². The molecule has 0 saturated carbocycles. The minimum Gasteiger partial charge on any atom is -0.456 e. The predicted molar refractivity (Wildman–Crippen MR) is 192 cm³/mol. The van der Waals surface area contributed by atoms with Gasteiger partial charge in [-0.3, -0.25) is 0 Å². The standard InChI is InChI=1S/C43H27N3O/c1-3-13-29(14-4-1)41-44-42(30-15-5-2-6-16-30)46-43(45-41)37-26-35(27-39-40(37)36-20-9-10-21-38(36)47-39)33-19-11-18-32(25-33)34-23-22-28-12-7-8-17-31(28)24-34/h1-27H. The molecule has 0 spiro atoms. The summed E-state index contributed by atoms with van der Waals surface area (Å²) in [6.45, 7) is 0. The molecule has 0 bridgehead atoms. The topological polar surface area (TPSA) is 51.8 Å². The third-order valence-corrected chi connectivity index (χ3v) is 8.70. The second kappa shape index (κ2) is 11.2. The van der Waals surface area contributed by atoms with Gasteiger partial charge in [-0.25, -0.2) is 15.0 Å². The first-order chi connectivity index (χ1) is 23.3. The average Bonchev–Trinajstić information content (AvgIpc) is 3.53. The molecule has 0 atom stereocenters. The molecule has 0 radical (unpaired) electrons. The molecule has 0 aliphatic rings. The summed E-state index contributed by atoms with van der Waals surface area (Å²) in [4.78, 5) is 15.1. The molecule has 0 saturated heterocycles. The van der Waals surface area contributed by atoms with E-state index in [1.807, 2.05) is 78.9 Å². The molecule has 0 N–H and O–H groups in total. The van der Waals surface area contributed by atoms with Crippen molar-refractivity contribution in [2.45, 2.75) is 0 Å². The van der Waals surface area contributed by atoms with E-state index in [1.54, 1.807) is 0 Å². The first kappa shape index (κ1) is 27.0. The van der Waals surface area contributed by atoms with Crippen LogP contribution in [0.15, 0.2) is 168 Å². The van der Waals surface area contributed by atoms with Crippen LogP contribution in [-0.4, -0.2) is 15.0 Å². The number of nitrogens with zero attached hydrogens (tertiary/aromatic N) is 3. The Bertz CT molecular complexity index is 2510. The van der Waals surface area contributed by atoms with Gasteiger partial charge in [0.2, 0.25) is 0 Å². The molecule has 0 aliphatic heterocycles. The third kappa shape index (κ3) is 4.93. The van der Waals surface area contributed by atoms with E-state index >= 15 is 0 Å². The molecule has 4 nitrogen and oxygen atoms in total. The van der Waals surface area contributed by atoms with E-state index in [1.165, 1.54) is 16.3 Å². The highest BCUT2D eigenvalue weighted by Crippen LogP contribution is 2.40. The van der Waals surface area contributed by atoms with Gasteiger partial charge in [-0.1, -0.05) is 133 Å². The average molecular weight is 602 g/mol. The number of para-hydroxylation sites is 1. The Morgan fingerprint density at radius 3 is 1.66 bits per heavy atom. The minimum absolute atomic E-state index is 0.599. The first-order valence-corrected chi connectivity index (χ1v) is 15.7. The molecule has 2 aromatic heterocycles. The number of fused-ring (bicyclic) bond motifs is 4. The van der Waals surface area contributed by atoms with Crippen molar-refractivity contribution < 1.29 is 4.42 Å². The fourth-order valence-corrected chi connectivity index (χ4v) is 6.37. The van der Waals surface area contributed by atoms with Crippen LogP contribution in [0.1, 0.15) is 0 Å². The summed E-state index contributed by atoms with van der Waals surface area (Å²) in [7, 11) is 0. The highest BCUT2D eigenvalue weighted by Gasteiger charge is 2.20. The van der Waals surface area contributed by atoms with E-state index in [0.29, 0.717) is 17.5 Å². The first-order valence-electron chi connectivity index (χ1n) is 15.7. The Hall–Kier alpha value is -6.39. The number of aromatic nitrogens is 3. The van der Waals surface area contributed by atoms with Gasteiger partial charge in [-0.2, -0.15) is 0 Å². The minimum atomic E-state index is 0.599. The van der Waals surface area contributed by atoms with Crippen LogP contribution in [0, 0.1) is 0 Å². The number of rotatable bonds is 5. The van der Waals surface area contributed by atoms with Crippen LogP contribution in [-0.2, 0) is 0 Å². The zero-order valence-electron chi connectivity index (χ0n) is 25.3. The Morgan fingerprint density at radius 1 is 0.340 bits per heavy atom. The van der Waals surface area contributed by atoms with E-state index < -0.39 is 0 Å². The lowest BCUT2D eigenvalue weighted by Crippen LogP contribution is -2.00. The summed E-state index contributed by atoms with van der Waals surface area (Å²) in [5.74, 6) is 1.85. The number of furan rings is 1. The second-order valence-electron chi connectivity index (χ2n) is 11.7. The van der Waals surface area contributed by atoms with Gasteiger partial charge in [0.05, 0.1) is 0 Å². The molecule has 9 rings (SSSR count). The molecular weight excluding hydrogens is 574 g/mol. The third-order valence-electron chi connectivity index (χ3n) is 8.70. The van der Waals surface area contributed by atoms with E-state index in [-0.39, 0.29) is 0 Å². The molecule has 0 unspecified atom stereocenters. The van der Waals surface area contributed by atoms with Crippen molar-refractivity contribution in [3.8, 4) is 56.4 Å². The molecular formula is C43H27N3O. The maximum atomic E-state index is 6.50. The summed E-state index contributed by atoms with van der Waals surface area (Å²) >= 11 is 0. The van der Waals surface area contributed by atoms with E-state index in [0.717, 1.165) is 55.3 Å². The van der Waals surface area contributed by atoms with Crippen molar-refractivity contribution in [1.29, 1.82) is 0 Å². The molecule has 0 fully saturated rings. The van der Waals surface area contributed by atoms with Crippen molar-refractivity contribution in [3.05, 3.63) is 164 Å². The SMILES string of the molecule is c1ccc(-c2nc(-c3ccccc3)nc(-c3cc(-c4cccc(-c5ccc6ccccc6c5)c4)cc4oc5ccccc5c34)n2)cc1. The van der Waals surface area contributed by atoms with Gasteiger partial charge in [0.25, 0.3) is 0 Å². The largest absolute Gasteiger partial charge is 0.456 e. The van der Waals surface area contributed by atoms with Gasteiger partial charge in [-0.05, 0) is 63.4 Å². The molecule has 7 aromatic carbocycles. The molecule has 2 heterocycles. The van der Waals surface area contributed by atoms with Crippen LogP contribution >= 0.6 is 0 Å².